The molecule has 0 fully saturated rings. The van der Waals surface area contributed by atoms with Crippen molar-refractivity contribution in [2.75, 3.05) is 0 Å². The van der Waals surface area contributed by atoms with Crippen LogP contribution in [-0.2, 0) is 24.9 Å². The number of allylic oxidation sites excluding steroid dienone is 2. The first-order chi connectivity index (χ1) is 21.8. The van der Waals surface area contributed by atoms with Crippen molar-refractivity contribution in [3.05, 3.63) is 133 Å². The molecular weight excluding hydrogens is 749 g/mol. The maximum absolute atomic E-state index is 10.0. The molecule has 0 unspecified atom stereocenters. The Labute approximate surface area is 280 Å². The second-order valence-corrected chi connectivity index (χ2v) is 10.8. The van der Waals surface area contributed by atoms with E-state index in [1.165, 1.54) is 41.5 Å². The van der Waals surface area contributed by atoms with Crippen LogP contribution in [0, 0.1) is 26.0 Å². The Balaban J connectivity index is 0.000000149. The number of aliphatic hydroxyl groups is 1. The quantitative estimate of drug-likeness (QED) is 0.0775. The number of nitrogens with zero attached hydrogens (tertiary/aromatic N) is 4. The second-order valence-electron chi connectivity index (χ2n) is 10.8. The largest absolute Gasteiger partial charge is 0.512 e. The molecule has 0 spiro atoms. The fourth-order valence-corrected chi connectivity index (χ4v) is 5.55. The van der Waals surface area contributed by atoms with Crippen molar-refractivity contribution in [3.63, 3.8) is 0 Å². The van der Waals surface area contributed by atoms with E-state index >= 15 is 0 Å². The molecule has 6 nitrogen and oxygen atoms in total. The smallest absolute Gasteiger partial charge is 0.155 e. The van der Waals surface area contributed by atoms with Gasteiger partial charge in [0, 0.05) is 49.6 Å². The number of fused-ring (bicyclic) bond motifs is 12. The van der Waals surface area contributed by atoms with Crippen molar-refractivity contribution in [1.82, 2.24) is 19.9 Å². The average Bonchev–Trinajstić information content (AvgIpc) is 3.05. The minimum absolute atomic E-state index is 0. The number of hydrogen-bond donors (Lipinski definition) is 1. The van der Waals surface area contributed by atoms with Gasteiger partial charge in [-0.05, 0) is 38.5 Å². The Hall–Kier alpha value is -5.10. The predicted octanol–water partition coefficient (Wildman–Crippen LogP) is 9.12. The third kappa shape index (κ3) is 6.47. The van der Waals surface area contributed by atoms with Gasteiger partial charge in [-0.15, -0.1) is 59.3 Å². The van der Waals surface area contributed by atoms with Crippen LogP contribution >= 0.6 is 0 Å². The number of benzene rings is 6. The number of hydrogen-bond acceptors (Lipinski definition) is 6. The normalized spacial score (nSPS) is 11.2. The molecule has 2 heterocycles. The van der Waals surface area contributed by atoms with Crippen molar-refractivity contribution in [2.45, 2.75) is 27.7 Å². The van der Waals surface area contributed by atoms with Crippen LogP contribution in [0.4, 0.5) is 0 Å². The number of rotatable bonds is 1. The molecule has 0 bridgehead atoms. The standard InChI is InChI=1S/2C17H11N2.C5H8O2.Ir/c2*1-11-10-18-16-14-8-4-2-6-12(14)13-7-3-5-9-15(13)17(16)19-11;1-4(6)3-5(2)7;/h2*2-7,9-10H,1H3;3,6H,1-2H3;/q2*-1;;/b;;4-3-;. The molecule has 0 saturated heterocycles. The average molecular weight is 779 g/mol. The molecular formula is C39H30IrN4O2-2. The molecule has 0 amide bonds. The molecule has 1 radical (unpaired) electrons. The predicted molar refractivity (Wildman–Crippen MR) is 183 cm³/mol. The number of carbonyl (C=O) groups is 1. The van der Waals surface area contributed by atoms with E-state index in [4.69, 9.17) is 5.11 Å². The molecule has 46 heavy (non-hydrogen) atoms. The molecule has 0 atom stereocenters. The molecule has 229 valence electrons. The summed E-state index contributed by atoms with van der Waals surface area (Å²) in [5.74, 6) is -0.0625. The molecule has 0 aliphatic rings. The SMILES string of the molecule is CC(=O)/C=C(/C)O.Cc1cnc2c3[c-]cccc3c3ccccc3c2n1.Cc1cnc2c3[c-]cccc3c3ccccc3c2n1.[Ir]. The summed E-state index contributed by atoms with van der Waals surface area (Å²) >= 11 is 0. The van der Waals surface area contributed by atoms with Gasteiger partial charge in [-0.25, -0.2) is 0 Å². The van der Waals surface area contributed by atoms with Gasteiger partial charge in [0.2, 0.25) is 0 Å². The fraction of sp³-hybridized carbons (Fsp3) is 0.103. The number of ketones is 1. The molecule has 1 N–H and O–H groups in total. The molecule has 0 aliphatic carbocycles. The van der Waals surface area contributed by atoms with E-state index in [0.717, 1.165) is 55.0 Å². The van der Waals surface area contributed by atoms with Gasteiger partial charge in [0.1, 0.15) is 0 Å². The minimum atomic E-state index is -0.125. The number of carbonyl (C=O) groups excluding carboxylic acids is 1. The van der Waals surface area contributed by atoms with E-state index in [0.29, 0.717) is 0 Å². The van der Waals surface area contributed by atoms with E-state index in [9.17, 15) is 4.79 Å². The summed E-state index contributed by atoms with van der Waals surface area (Å²) < 4.78 is 0. The van der Waals surface area contributed by atoms with Gasteiger partial charge >= 0.3 is 0 Å². The van der Waals surface area contributed by atoms with Gasteiger partial charge in [0.25, 0.3) is 0 Å². The van der Waals surface area contributed by atoms with Crippen LogP contribution in [0.1, 0.15) is 25.2 Å². The second kappa shape index (κ2) is 13.9. The number of aliphatic hydroxyl groups excluding tert-OH is 1. The van der Waals surface area contributed by atoms with Gasteiger partial charge in [0.05, 0.1) is 28.2 Å². The van der Waals surface area contributed by atoms with E-state index in [2.05, 4.69) is 80.6 Å². The van der Waals surface area contributed by atoms with Crippen molar-refractivity contribution in [3.8, 4) is 0 Å². The zero-order valence-corrected chi connectivity index (χ0v) is 28.2. The van der Waals surface area contributed by atoms with E-state index < -0.39 is 0 Å². The van der Waals surface area contributed by atoms with Crippen molar-refractivity contribution in [1.29, 1.82) is 0 Å². The molecule has 6 aromatic carbocycles. The zero-order chi connectivity index (χ0) is 31.5. The molecule has 8 aromatic rings. The van der Waals surface area contributed by atoms with Crippen LogP contribution in [0.5, 0.6) is 0 Å². The van der Waals surface area contributed by atoms with Gasteiger partial charge in [-0.1, -0.05) is 70.1 Å². The number of aromatic nitrogens is 4. The number of aryl methyl sites for hydroxylation is 2. The van der Waals surface area contributed by atoms with Crippen LogP contribution in [0.25, 0.3) is 65.2 Å². The third-order valence-electron chi connectivity index (χ3n) is 7.33. The maximum atomic E-state index is 10.0. The Morgan fingerprint density at radius 2 is 1.00 bits per heavy atom. The Kier molecular flexibility index (Phi) is 9.76. The summed E-state index contributed by atoms with van der Waals surface area (Å²) in [5, 5.41) is 17.5. The van der Waals surface area contributed by atoms with Gasteiger partial charge in [0.15, 0.2) is 5.78 Å². The van der Waals surface area contributed by atoms with Crippen LogP contribution in [0.3, 0.4) is 0 Å². The first-order valence-electron chi connectivity index (χ1n) is 14.6. The monoisotopic (exact) mass is 779 g/mol. The van der Waals surface area contributed by atoms with Gasteiger partial charge in [-0.3, -0.25) is 14.8 Å². The Bertz CT molecular complexity index is 2190. The van der Waals surface area contributed by atoms with E-state index in [1.807, 2.05) is 62.6 Å². The molecule has 0 saturated carbocycles. The molecule has 7 heteroatoms. The van der Waals surface area contributed by atoms with Crippen molar-refractivity contribution < 1.29 is 30.0 Å². The van der Waals surface area contributed by atoms with Crippen LogP contribution < -0.4 is 0 Å². The summed E-state index contributed by atoms with van der Waals surface area (Å²) in [6, 6.07) is 35.4. The first kappa shape index (κ1) is 32.3. The van der Waals surface area contributed by atoms with Crippen LogP contribution in [-0.4, -0.2) is 30.8 Å². The summed E-state index contributed by atoms with van der Waals surface area (Å²) in [5.41, 5.74) is 5.66. The fourth-order valence-electron chi connectivity index (χ4n) is 5.55. The van der Waals surface area contributed by atoms with Crippen molar-refractivity contribution >= 4 is 70.9 Å². The molecule has 8 rings (SSSR count). The topological polar surface area (TPSA) is 88.9 Å². The minimum Gasteiger partial charge on any atom is -0.512 e. The first-order valence-corrected chi connectivity index (χ1v) is 14.6. The van der Waals surface area contributed by atoms with Crippen LogP contribution in [0.15, 0.2) is 109 Å². The Morgan fingerprint density at radius 1 is 0.609 bits per heavy atom. The summed E-state index contributed by atoms with van der Waals surface area (Å²) in [6.45, 7) is 6.79. The Morgan fingerprint density at radius 3 is 1.37 bits per heavy atom. The third-order valence-corrected chi connectivity index (χ3v) is 7.33. The van der Waals surface area contributed by atoms with E-state index in [1.54, 1.807) is 0 Å². The van der Waals surface area contributed by atoms with Crippen LogP contribution in [0.2, 0.25) is 0 Å². The summed E-state index contributed by atoms with van der Waals surface area (Å²) in [4.78, 5) is 28.5. The zero-order valence-electron chi connectivity index (χ0n) is 25.8. The van der Waals surface area contributed by atoms with Crippen molar-refractivity contribution in [2.24, 2.45) is 0 Å². The van der Waals surface area contributed by atoms with E-state index in [-0.39, 0.29) is 31.6 Å². The molecule has 2 aromatic heterocycles. The van der Waals surface area contributed by atoms with Gasteiger partial charge < -0.3 is 15.1 Å². The summed E-state index contributed by atoms with van der Waals surface area (Å²) in [6.07, 6.45) is 4.80. The molecule has 0 aliphatic heterocycles. The van der Waals surface area contributed by atoms with Gasteiger partial charge in [-0.2, -0.15) is 0 Å². The summed E-state index contributed by atoms with van der Waals surface area (Å²) in [7, 11) is 0. The maximum Gasteiger partial charge on any atom is 0.155 e.